The molecule has 4 nitrogen and oxygen atoms in total. The zero-order valence-corrected chi connectivity index (χ0v) is 19.0. The summed E-state index contributed by atoms with van der Waals surface area (Å²) in [7, 11) is 0. The molecule has 0 amide bonds. The van der Waals surface area contributed by atoms with Crippen molar-refractivity contribution in [2.75, 3.05) is 19.6 Å². The molecule has 1 aromatic rings. The molecule has 2 saturated heterocycles. The number of carbonyl (C=O) groups is 1. The molecule has 168 valence electrons. The smallest absolute Gasteiger partial charge is 0.311 e. The van der Waals surface area contributed by atoms with Gasteiger partial charge in [-0.1, -0.05) is 55.8 Å². The number of allylic oxidation sites excluding steroid dienone is 1. The monoisotopic (exact) mass is 423 g/mol. The molecule has 2 aliphatic heterocycles. The second-order valence-electron chi connectivity index (χ2n) is 10.7. The van der Waals surface area contributed by atoms with Crippen molar-refractivity contribution in [1.29, 1.82) is 0 Å². The summed E-state index contributed by atoms with van der Waals surface area (Å²) in [5, 5.41) is 11.5. The highest BCUT2D eigenvalue weighted by atomic mass is 16.6. The van der Waals surface area contributed by atoms with E-state index in [2.05, 4.69) is 55.2 Å². The molecule has 0 aromatic heterocycles. The van der Waals surface area contributed by atoms with Crippen LogP contribution in [0.1, 0.15) is 51.5 Å². The molecule has 5 rings (SSSR count). The van der Waals surface area contributed by atoms with Crippen molar-refractivity contribution in [2.45, 2.75) is 64.6 Å². The summed E-state index contributed by atoms with van der Waals surface area (Å²) in [6.07, 6.45) is 8.16. The summed E-state index contributed by atoms with van der Waals surface area (Å²) in [5.41, 5.74) is 2.52. The Morgan fingerprint density at radius 3 is 2.65 bits per heavy atom. The summed E-state index contributed by atoms with van der Waals surface area (Å²) in [6, 6.07) is 10.8. The second kappa shape index (κ2) is 8.37. The number of nitrogens with zero attached hydrogens (tertiary/aromatic N) is 1. The van der Waals surface area contributed by atoms with E-state index >= 15 is 0 Å². The van der Waals surface area contributed by atoms with Gasteiger partial charge in [0.2, 0.25) is 0 Å². The first-order valence-electron chi connectivity index (χ1n) is 12.3. The third kappa shape index (κ3) is 3.76. The summed E-state index contributed by atoms with van der Waals surface area (Å²) in [4.78, 5) is 15.3. The number of hydrogen-bond donors (Lipinski definition) is 1. The predicted molar refractivity (Wildman–Crippen MR) is 121 cm³/mol. The van der Waals surface area contributed by atoms with E-state index in [1.54, 1.807) is 0 Å². The number of piperidine rings is 1. The molecule has 1 N–H and O–H groups in total. The molecule has 0 bridgehead atoms. The van der Waals surface area contributed by atoms with Crippen molar-refractivity contribution in [3.63, 3.8) is 0 Å². The molecule has 31 heavy (non-hydrogen) atoms. The molecule has 1 saturated carbocycles. The molecule has 3 fully saturated rings. The van der Waals surface area contributed by atoms with Gasteiger partial charge in [-0.3, -0.25) is 4.79 Å². The highest BCUT2D eigenvalue weighted by Gasteiger charge is 2.59. The van der Waals surface area contributed by atoms with Crippen LogP contribution in [0.15, 0.2) is 42.0 Å². The van der Waals surface area contributed by atoms with Gasteiger partial charge in [0.15, 0.2) is 0 Å². The molecule has 6 atom stereocenters. The van der Waals surface area contributed by atoms with Crippen LogP contribution in [0.25, 0.3) is 0 Å². The first-order valence-corrected chi connectivity index (χ1v) is 12.3. The van der Waals surface area contributed by atoms with Gasteiger partial charge in [0.1, 0.15) is 6.10 Å². The minimum atomic E-state index is -0.500. The highest BCUT2D eigenvalue weighted by Crippen LogP contribution is 2.56. The minimum absolute atomic E-state index is 0.0720. The molecule has 0 unspecified atom stereocenters. The fourth-order valence-corrected chi connectivity index (χ4v) is 6.87. The molecule has 2 aliphatic carbocycles. The Labute approximate surface area is 186 Å². The highest BCUT2D eigenvalue weighted by molar-refractivity contribution is 5.76. The maximum Gasteiger partial charge on any atom is 0.311 e. The quantitative estimate of drug-likeness (QED) is 0.582. The Bertz CT molecular complexity index is 828. The number of rotatable bonds is 4. The van der Waals surface area contributed by atoms with Crippen LogP contribution in [0.2, 0.25) is 0 Å². The van der Waals surface area contributed by atoms with Crippen molar-refractivity contribution in [3.8, 4) is 0 Å². The Balaban J connectivity index is 1.24. The number of hydrogen-bond acceptors (Lipinski definition) is 4. The van der Waals surface area contributed by atoms with Gasteiger partial charge in [-0.25, -0.2) is 0 Å². The Morgan fingerprint density at radius 1 is 1.16 bits per heavy atom. The number of aliphatic hydroxyl groups excluding tert-OH is 1. The van der Waals surface area contributed by atoms with Gasteiger partial charge in [-0.2, -0.15) is 0 Å². The van der Waals surface area contributed by atoms with Crippen LogP contribution in [-0.2, 0) is 16.0 Å². The second-order valence-corrected chi connectivity index (χ2v) is 10.7. The third-order valence-electron chi connectivity index (χ3n) is 9.10. The first kappa shape index (κ1) is 21.2. The Hall–Kier alpha value is -1.65. The number of likely N-dealkylation sites (tertiary alicyclic amines) is 1. The van der Waals surface area contributed by atoms with E-state index < -0.39 is 6.10 Å². The number of ether oxygens (including phenoxy) is 1. The van der Waals surface area contributed by atoms with Gasteiger partial charge in [0.25, 0.3) is 0 Å². The fraction of sp³-hybridized carbons (Fsp3) is 0.667. The van der Waals surface area contributed by atoms with E-state index in [1.807, 2.05) is 0 Å². The van der Waals surface area contributed by atoms with Gasteiger partial charge in [0.05, 0.1) is 12.0 Å². The maximum absolute atomic E-state index is 12.9. The molecule has 0 spiro atoms. The van der Waals surface area contributed by atoms with Crippen LogP contribution in [-0.4, -0.2) is 47.8 Å². The molecule has 2 heterocycles. The first-order chi connectivity index (χ1) is 15.0. The Kier molecular flexibility index (Phi) is 5.72. The van der Waals surface area contributed by atoms with E-state index in [1.165, 1.54) is 24.0 Å². The molecule has 4 aliphatic rings. The lowest BCUT2D eigenvalue weighted by Gasteiger charge is -2.52. The SMILES string of the molecule is C[C@H]1CCC=C2C[C@H]3OC(=O)[C@H](CN4CCC(Cc5ccccc5)CC4)[C@@H]3[C@H](O)[C@@]21C. The van der Waals surface area contributed by atoms with Gasteiger partial charge < -0.3 is 14.7 Å². The lowest BCUT2D eigenvalue weighted by atomic mass is 9.55. The lowest BCUT2D eigenvalue weighted by molar-refractivity contribution is -0.145. The predicted octanol–water partition coefficient (Wildman–Crippen LogP) is 4.23. The summed E-state index contributed by atoms with van der Waals surface area (Å²) in [6.45, 7) is 7.29. The van der Waals surface area contributed by atoms with E-state index in [0.717, 1.165) is 51.2 Å². The average molecular weight is 424 g/mol. The fourth-order valence-electron chi connectivity index (χ4n) is 6.87. The van der Waals surface area contributed by atoms with Gasteiger partial charge in [-0.15, -0.1) is 0 Å². The third-order valence-corrected chi connectivity index (χ3v) is 9.10. The normalized spacial score (nSPS) is 38.9. The molecule has 0 radical (unpaired) electrons. The molecular formula is C27H37NO3. The number of carbonyl (C=O) groups excluding carboxylic acids is 1. The molecule has 4 heteroatoms. The van der Waals surface area contributed by atoms with Crippen LogP contribution in [0.3, 0.4) is 0 Å². The van der Waals surface area contributed by atoms with Crippen LogP contribution >= 0.6 is 0 Å². The summed E-state index contributed by atoms with van der Waals surface area (Å²) < 4.78 is 5.85. The van der Waals surface area contributed by atoms with Crippen LogP contribution < -0.4 is 0 Å². The zero-order valence-electron chi connectivity index (χ0n) is 19.0. The number of aliphatic hydroxyl groups is 1. The van der Waals surface area contributed by atoms with Gasteiger partial charge in [-0.05, 0) is 62.6 Å². The summed E-state index contributed by atoms with van der Waals surface area (Å²) in [5.74, 6) is 0.803. The molecular weight excluding hydrogens is 386 g/mol. The van der Waals surface area contributed by atoms with E-state index in [0.29, 0.717) is 5.92 Å². The Morgan fingerprint density at radius 2 is 1.90 bits per heavy atom. The van der Waals surface area contributed by atoms with Crippen LogP contribution in [0.5, 0.6) is 0 Å². The van der Waals surface area contributed by atoms with Crippen LogP contribution in [0, 0.1) is 29.1 Å². The topological polar surface area (TPSA) is 49.8 Å². The van der Waals surface area contributed by atoms with Gasteiger partial charge in [0, 0.05) is 24.3 Å². The summed E-state index contributed by atoms with van der Waals surface area (Å²) >= 11 is 0. The lowest BCUT2D eigenvalue weighted by Crippen LogP contribution is -2.55. The average Bonchev–Trinajstić information content (AvgIpc) is 3.07. The standard InChI is InChI=1S/C27H37NO3/c1-18-7-6-10-21-16-23-24(25(29)27(18,21)2)22(26(30)31-23)17-28-13-11-20(12-14-28)15-19-8-4-3-5-9-19/h3-5,8-10,18,20,22-25,29H,6-7,11-17H2,1-2H3/t18-,22+,23+,24-,25-,27+/m0/s1. The van der Waals surface area contributed by atoms with E-state index in [9.17, 15) is 9.90 Å². The van der Waals surface area contributed by atoms with E-state index in [-0.39, 0.29) is 29.3 Å². The van der Waals surface area contributed by atoms with Crippen LogP contribution in [0.4, 0.5) is 0 Å². The van der Waals surface area contributed by atoms with Crippen molar-refractivity contribution >= 4 is 5.97 Å². The van der Waals surface area contributed by atoms with Crippen molar-refractivity contribution in [1.82, 2.24) is 4.90 Å². The minimum Gasteiger partial charge on any atom is -0.461 e. The van der Waals surface area contributed by atoms with Gasteiger partial charge >= 0.3 is 5.97 Å². The molecule has 1 aromatic carbocycles. The van der Waals surface area contributed by atoms with Crippen molar-refractivity contribution in [2.24, 2.45) is 29.1 Å². The largest absolute Gasteiger partial charge is 0.461 e. The zero-order chi connectivity index (χ0) is 21.6. The number of fused-ring (bicyclic) bond motifs is 2. The number of benzene rings is 1. The van der Waals surface area contributed by atoms with Crippen molar-refractivity contribution in [3.05, 3.63) is 47.5 Å². The van der Waals surface area contributed by atoms with Crippen molar-refractivity contribution < 1.29 is 14.6 Å². The maximum atomic E-state index is 12.9. The number of esters is 1. The van der Waals surface area contributed by atoms with E-state index in [4.69, 9.17) is 4.74 Å².